The molecule has 4 N–H and O–H groups in total. The number of guanidine groups is 1. The number of nitrogens with zero attached hydrogens (tertiary/aromatic N) is 1. The molecule has 1 aromatic carbocycles. The lowest BCUT2D eigenvalue weighted by Gasteiger charge is -2.09. The number of benzene rings is 1. The average molecular weight is 301 g/mol. The van der Waals surface area contributed by atoms with Crippen molar-refractivity contribution in [3.05, 3.63) is 28.7 Å². The smallest absolute Gasteiger partial charge is 0.210 e. The molecule has 0 unspecified atom stereocenters. The van der Waals surface area contributed by atoms with Crippen LogP contribution < -0.4 is 16.6 Å². The zero-order valence-electron chi connectivity index (χ0n) is 9.74. The predicted molar refractivity (Wildman–Crippen MR) is 73.9 cm³/mol. The van der Waals surface area contributed by atoms with Gasteiger partial charge in [-0.1, -0.05) is 15.9 Å². The van der Waals surface area contributed by atoms with Crippen LogP contribution in [0.3, 0.4) is 0 Å². The summed E-state index contributed by atoms with van der Waals surface area (Å²) in [7, 11) is 1.67. The van der Waals surface area contributed by atoms with Crippen LogP contribution in [0, 0.1) is 0 Å². The number of rotatable bonds is 5. The maximum absolute atomic E-state index is 5.38. The van der Waals surface area contributed by atoms with Crippen molar-refractivity contribution in [1.82, 2.24) is 5.43 Å². The number of halogens is 1. The topological polar surface area (TPSA) is 71.7 Å². The number of hydrazine groups is 1. The van der Waals surface area contributed by atoms with Crippen LogP contribution in [0.25, 0.3) is 0 Å². The lowest BCUT2D eigenvalue weighted by atomic mass is 10.3. The first kappa shape index (κ1) is 14.0. The number of methoxy groups -OCH3 is 1. The van der Waals surface area contributed by atoms with Crippen LogP contribution in [0.5, 0.6) is 0 Å². The molecule has 5 nitrogen and oxygen atoms in total. The summed E-state index contributed by atoms with van der Waals surface area (Å²) in [5, 5.41) is 3.09. The molecule has 0 bridgehead atoms. The number of hydrogen-bond donors (Lipinski definition) is 3. The van der Waals surface area contributed by atoms with Crippen molar-refractivity contribution in [3.8, 4) is 0 Å². The summed E-state index contributed by atoms with van der Waals surface area (Å²) in [6, 6.07) is 7.76. The highest BCUT2D eigenvalue weighted by atomic mass is 79.9. The van der Waals surface area contributed by atoms with Gasteiger partial charge in [0.2, 0.25) is 5.96 Å². The fourth-order valence-corrected chi connectivity index (χ4v) is 1.46. The molecule has 0 radical (unpaired) electrons. The molecule has 17 heavy (non-hydrogen) atoms. The van der Waals surface area contributed by atoms with Gasteiger partial charge < -0.3 is 10.1 Å². The Balaban J connectivity index is 2.48. The number of nitrogens with one attached hydrogen (secondary N) is 2. The Kier molecular flexibility index (Phi) is 6.61. The van der Waals surface area contributed by atoms with Crippen LogP contribution in [-0.4, -0.2) is 26.2 Å². The molecule has 6 heteroatoms. The van der Waals surface area contributed by atoms with Crippen molar-refractivity contribution in [2.24, 2.45) is 10.8 Å². The molecule has 0 heterocycles. The highest BCUT2D eigenvalue weighted by Crippen LogP contribution is 2.13. The van der Waals surface area contributed by atoms with E-state index < -0.39 is 0 Å². The van der Waals surface area contributed by atoms with E-state index >= 15 is 0 Å². The van der Waals surface area contributed by atoms with Crippen LogP contribution in [0.1, 0.15) is 6.42 Å². The van der Waals surface area contributed by atoms with E-state index in [1.54, 1.807) is 7.11 Å². The van der Waals surface area contributed by atoms with E-state index in [1.165, 1.54) is 0 Å². The molecule has 0 aliphatic heterocycles. The monoisotopic (exact) mass is 300 g/mol. The molecule has 0 spiro atoms. The number of ether oxygens (including phenoxy) is 1. The van der Waals surface area contributed by atoms with Gasteiger partial charge in [0, 0.05) is 30.4 Å². The van der Waals surface area contributed by atoms with Crippen LogP contribution in [0.15, 0.2) is 33.7 Å². The van der Waals surface area contributed by atoms with Crippen LogP contribution in [0.2, 0.25) is 0 Å². The summed E-state index contributed by atoms with van der Waals surface area (Å²) < 4.78 is 5.97. The molecule has 0 saturated carbocycles. The minimum atomic E-state index is 0.545. The first-order valence-corrected chi connectivity index (χ1v) is 6.08. The summed E-state index contributed by atoms with van der Waals surface area (Å²) in [5.41, 5.74) is 3.46. The van der Waals surface area contributed by atoms with E-state index in [0.29, 0.717) is 19.1 Å². The van der Waals surface area contributed by atoms with Gasteiger partial charge in [-0.25, -0.2) is 5.84 Å². The van der Waals surface area contributed by atoms with Gasteiger partial charge in [0.1, 0.15) is 0 Å². The molecule has 0 aliphatic carbocycles. The Hall–Kier alpha value is -1.11. The molecule has 1 rings (SSSR count). The Morgan fingerprint density at radius 3 is 2.71 bits per heavy atom. The summed E-state index contributed by atoms with van der Waals surface area (Å²) in [4.78, 5) is 4.28. The zero-order chi connectivity index (χ0) is 12.5. The van der Waals surface area contributed by atoms with Crippen molar-refractivity contribution in [1.29, 1.82) is 0 Å². The van der Waals surface area contributed by atoms with Crippen molar-refractivity contribution >= 4 is 27.6 Å². The van der Waals surface area contributed by atoms with Gasteiger partial charge in [0.05, 0.1) is 0 Å². The number of anilines is 1. The van der Waals surface area contributed by atoms with Crippen molar-refractivity contribution in [3.63, 3.8) is 0 Å². The highest BCUT2D eigenvalue weighted by molar-refractivity contribution is 9.10. The standard InChI is InChI=1S/C11H17BrN4O/c1-17-8-2-7-14-11(16-13)15-10-5-3-9(12)4-6-10/h3-6H,2,7-8,13H2,1H3,(H2,14,15,16). The van der Waals surface area contributed by atoms with Crippen LogP contribution >= 0.6 is 15.9 Å². The Morgan fingerprint density at radius 2 is 2.12 bits per heavy atom. The maximum Gasteiger partial charge on any atom is 0.210 e. The fraction of sp³-hybridized carbons (Fsp3) is 0.364. The minimum Gasteiger partial charge on any atom is -0.385 e. The quantitative estimate of drug-likeness (QED) is 0.255. The lowest BCUT2D eigenvalue weighted by molar-refractivity contribution is 0.197. The Labute approximate surface area is 110 Å². The van der Waals surface area contributed by atoms with Gasteiger partial charge in [0.25, 0.3) is 0 Å². The van der Waals surface area contributed by atoms with E-state index in [4.69, 9.17) is 10.6 Å². The van der Waals surface area contributed by atoms with E-state index in [-0.39, 0.29) is 0 Å². The third-order valence-corrected chi connectivity index (χ3v) is 2.55. The SMILES string of the molecule is COCCCN=C(NN)Nc1ccc(Br)cc1. The third kappa shape index (κ3) is 5.67. The second kappa shape index (κ2) is 8.05. The number of aliphatic imine (C=N–C) groups is 1. The first-order valence-electron chi connectivity index (χ1n) is 5.29. The Bertz CT molecular complexity index is 353. The highest BCUT2D eigenvalue weighted by Gasteiger charge is 1.97. The molecule has 0 amide bonds. The summed E-state index contributed by atoms with van der Waals surface area (Å²) in [6.07, 6.45) is 0.865. The Morgan fingerprint density at radius 1 is 1.41 bits per heavy atom. The van der Waals surface area contributed by atoms with Gasteiger partial charge in [-0.15, -0.1) is 0 Å². The van der Waals surface area contributed by atoms with E-state index in [2.05, 4.69) is 31.7 Å². The van der Waals surface area contributed by atoms with E-state index in [9.17, 15) is 0 Å². The second-order valence-electron chi connectivity index (χ2n) is 3.35. The molecule has 94 valence electrons. The molecular formula is C11H17BrN4O. The van der Waals surface area contributed by atoms with E-state index in [0.717, 1.165) is 16.6 Å². The third-order valence-electron chi connectivity index (χ3n) is 2.02. The molecule has 0 aliphatic rings. The summed E-state index contributed by atoms with van der Waals surface area (Å²) >= 11 is 3.38. The molecule has 0 saturated heterocycles. The molecule has 0 aromatic heterocycles. The number of hydrogen-bond acceptors (Lipinski definition) is 3. The largest absolute Gasteiger partial charge is 0.385 e. The first-order chi connectivity index (χ1) is 8.26. The van der Waals surface area contributed by atoms with Crippen molar-refractivity contribution in [2.75, 3.05) is 25.6 Å². The molecule has 1 aromatic rings. The zero-order valence-corrected chi connectivity index (χ0v) is 11.3. The minimum absolute atomic E-state index is 0.545. The lowest BCUT2D eigenvalue weighted by Crippen LogP contribution is -2.36. The van der Waals surface area contributed by atoms with E-state index in [1.807, 2.05) is 24.3 Å². The number of nitrogens with two attached hydrogens (primary N) is 1. The van der Waals surface area contributed by atoms with Gasteiger partial charge in [-0.3, -0.25) is 10.4 Å². The molecule has 0 fully saturated rings. The summed E-state index contributed by atoms with van der Waals surface area (Å²) in [5.74, 6) is 5.93. The van der Waals surface area contributed by atoms with Gasteiger partial charge in [-0.05, 0) is 30.7 Å². The fourth-order valence-electron chi connectivity index (χ4n) is 1.19. The van der Waals surface area contributed by atoms with Gasteiger partial charge in [-0.2, -0.15) is 0 Å². The van der Waals surface area contributed by atoms with Crippen LogP contribution in [-0.2, 0) is 4.74 Å². The normalized spacial score (nSPS) is 11.4. The average Bonchev–Trinajstić information content (AvgIpc) is 2.35. The molecular weight excluding hydrogens is 284 g/mol. The second-order valence-corrected chi connectivity index (χ2v) is 4.27. The van der Waals surface area contributed by atoms with Crippen molar-refractivity contribution < 1.29 is 4.74 Å². The predicted octanol–water partition coefficient (Wildman–Crippen LogP) is 1.72. The van der Waals surface area contributed by atoms with Gasteiger partial charge in [0.15, 0.2) is 0 Å². The molecule has 0 atom stereocenters. The van der Waals surface area contributed by atoms with Gasteiger partial charge >= 0.3 is 0 Å². The maximum atomic E-state index is 5.38. The van der Waals surface area contributed by atoms with Crippen LogP contribution in [0.4, 0.5) is 5.69 Å². The summed E-state index contributed by atoms with van der Waals surface area (Å²) in [6.45, 7) is 1.36. The van der Waals surface area contributed by atoms with Crippen molar-refractivity contribution in [2.45, 2.75) is 6.42 Å².